The van der Waals surface area contributed by atoms with Gasteiger partial charge in [-0.3, -0.25) is 0 Å². The number of rotatable bonds is 5. The van der Waals surface area contributed by atoms with Crippen LogP contribution in [0.5, 0.6) is 5.75 Å². The van der Waals surface area contributed by atoms with E-state index in [4.69, 9.17) is 4.74 Å². The number of aromatic nitrogens is 2. The standard InChI is InChI=1S/C20H26N4O2/c1-2-26-19-6-4-3-5-18(19)23-7-9-24(10-8-23)20-13-17(21-14-22-20)15-11-16(25)12-15/h3-6,13-16,25H,2,7-12H2,1H3. The third-order valence-corrected chi connectivity index (χ3v) is 5.31. The monoisotopic (exact) mass is 354 g/mol. The maximum absolute atomic E-state index is 9.53. The predicted molar refractivity (Wildman–Crippen MR) is 102 cm³/mol. The lowest BCUT2D eigenvalue weighted by molar-refractivity contribution is 0.0732. The van der Waals surface area contributed by atoms with Crippen molar-refractivity contribution in [1.82, 2.24) is 9.97 Å². The van der Waals surface area contributed by atoms with E-state index in [1.807, 2.05) is 19.1 Å². The third kappa shape index (κ3) is 3.46. The van der Waals surface area contributed by atoms with E-state index < -0.39 is 0 Å². The SMILES string of the molecule is CCOc1ccccc1N1CCN(c2cc(C3CC(O)C3)ncn2)CC1. The Morgan fingerprint density at radius 1 is 1.08 bits per heavy atom. The largest absolute Gasteiger partial charge is 0.492 e. The molecule has 1 saturated carbocycles. The summed E-state index contributed by atoms with van der Waals surface area (Å²) in [7, 11) is 0. The molecule has 1 aromatic carbocycles. The lowest BCUT2D eigenvalue weighted by Crippen LogP contribution is -2.47. The Morgan fingerprint density at radius 2 is 1.81 bits per heavy atom. The van der Waals surface area contributed by atoms with Crippen LogP contribution in [0.2, 0.25) is 0 Å². The van der Waals surface area contributed by atoms with Gasteiger partial charge in [0.2, 0.25) is 0 Å². The maximum atomic E-state index is 9.53. The first kappa shape index (κ1) is 17.1. The van der Waals surface area contributed by atoms with E-state index >= 15 is 0 Å². The first-order valence-corrected chi connectivity index (χ1v) is 9.46. The third-order valence-electron chi connectivity index (χ3n) is 5.31. The molecule has 6 heteroatoms. The Kier molecular flexibility index (Phi) is 4.93. The molecule has 2 fully saturated rings. The molecule has 2 aliphatic rings. The van der Waals surface area contributed by atoms with Gasteiger partial charge >= 0.3 is 0 Å². The molecular formula is C20H26N4O2. The molecule has 1 aliphatic heterocycles. The molecule has 1 aromatic heterocycles. The van der Waals surface area contributed by atoms with E-state index in [-0.39, 0.29) is 6.10 Å². The molecule has 4 rings (SSSR count). The molecule has 0 spiro atoms. The van der Waals surface area contributed by atoms with Crippen molar-refractivity contribution in [2.75, 3.05) is 42.6 Å². The second-order valence-corrected chi connectivity index (χ2v) is 7.00. The lowest BCUT2D eigenvalue weighted by Gasteiger charge is -2.37. The molecule has 1 saturated heterocycles. The molecule has 0 unspecified atom stereocenters. The van der Waals surface area contributed by atoms with E-state index in [1.54, 1.807) is 6.33 Å². The van der Waals surface area contributed by atoms with Gasteiger partial charge < -0.3 is 19.6 Å². The second-order valence-electron chi connectivity index (χ2n) is 7.00. The average Bonchev–Trinajstić information content (AvgIpc) is 2.66. The zero-order valence-electron chi connectivity index (χ0n) is 15.2. The minimum atomic E-state index is -0.160. The van der Waals surface area contributed by atoms with Crippen LogP contribution >= 0.6 is 0 Å². The van der Waals surface area contributed by atoms with Gasteiger partial charge in [-0.2, -0.15) is 0 Å². The normalized spacial score (nSPS) is 22.8. The predicted octanol–water partition coefficient (Wildman–Crippen LogP) is 2.44. The van der Waals surface area contributed by atoms with Crippen molar-refractivity contribution in [3.8, 4) is 5.75 Å². The first-order chi connectivity index (χ1) is 12.7. The number of piperazine rings is 1. The quantitative estimate of drug-likeness (QED) is 0.890. The smallest absolute Gasteiger partial charge is 0.142 e. The van der Waals surface area contributed by atoms with Crippen molar-refractivity contribution in [2.24, 2.45) is 0 Å². The highest BCUT2D eigenvalue weighted by Crippen LogP contribution is 2.36. The molecule has 138 valence electrons. The molecule has 2 heterocycles. The van der Waals surface area contributed by atoms with Gasteiger partial charge in [0.15, 0.2) is 0 Å². The highest BCUT2D eigenvalue weighted by atomic mass is 16.5. The second kappa shape index (κ2) is 7.50. The van der Waals surface area contributed by atoms with Crippen LogP contribution in [0.25, 0.3) is 0 Å². The van der Waals surface area contributed by atoms with Gasteiger partial charge in [-0.15, -0.1) is 0 Å². The van der Waals surface area contributed by atoms with Gasteiger partial charge in [-0.05, 0) is 31.9 Å². The zero-order chi connectivity index (χ0) is 17.9. The molecular weight excluding hydrogens is 328 g/mol. The lowest BCUT2D eigenvalue weighted by atomic mass is 9.80. The average molecular weight is 354 g/mol. The molecule has 1 N–H and O–H groups in total. The molecule has 26 heavy (non-hydrogen) atoms. The van der Waals surface area contributed by atoms with Gasteiger partial charge in [0.1, 0.15) is 17.9 Å². The molecule has 0 atom stereocenters. The van der Waals surface area contributed by atoms with E-state index in [0.717, 1.165) is 56.3 Å². The number of hydrogen-bond donors (Lipinski definition) is 1. The molecule has 1 aliphatic carbocycles. The number of ether oxygens (including phenoxy) is 1. The van der Waals surface area contributed by atoms with Crippen molar-refractivity contribution >= 4 is 11.5 Å². The Labute approximate surface area is 154 Å². The summed E-state index contributed by atoms with van der Waals surface area (Å²) in [6, 6.07) is 10.3. The highest BCUT2D eigenvalue weighted by Gasteiger charge is 2.30. The first-order valence-electron chi connectivity index (χ1n) is 9.46. The van der Waals surface area contributed by atoms with Crippen LogP contribution in [0, 0.1) is 0 Å². The van der Waals surface area contributed by atoms with Crippen LogP contribution in [0.4, 0.5) is 11.5 Å². The van der Waals surface area contributed by atoms with Gasteiger partial charge in [-0.25, -0.2) is 9.97 Å². The van der Waals surface area contributed by atoms with E-state index in [1.165, 1.54) is 5.69 Å². The molecule has 2 aromatic rings. The summed E-state index contributed by atoms with van der Waals surface area (Å²) in [6.45, 7) is 6.41. The number of anilines is 2. The van der Waals surface area contributed by atoms with Crippen LogP contribution < -0.4 is 14.5 Å². The molecule has 0 bridgehead atoms. The van der Waals surface area contributed by atoms with E-state index in [0.29, 0.717) is 12.5 Å². The summed E-state index contributed by atoms with van der Waals surface area (Å²) in [4.78, 5) is 13.6. The van der Waals surface area contributed by atoms with Crippen LogP contribution in [0.3, 0.4) is 0 Å². The molecule has 0 amide bonds. The van der Waals surface area contributed by atoms with Crippen molar-refractivity contribution in [3.63, 3.8) is 0 Å². The van der Waals surface area contributed by atoms with Crippen molar-refractivity contribution in [2.45, 2.75) is 31.8 Å². The zero-order valence-corrected chi connectivity index (χ0v) is 15.2. The van der Waals surface area contributed by atoms with E-state index in [2.05, 4.69) is 38.0 Å². The number of hydrogen-bond acceptors (Lipinski definition) is 6. The van der Waals surface area contributed by atoms with Crippen LogP contribution in [-0.2, 0) is 0 Å². The highest BCUT2D eigenvalue weighted by molar-refractivity contribution is 5.59. The van der Waals surface area contributed by atoms with Gasteiger partial charge in [0, 0.05) is 43.9 Å². The fourth-order valence-electron chi connectivity index (χ4n) is 3.76. The summed E-state index contributed by atoms with van der Waals surface area (Å²) in [5.41, 5.74) is 2.23. The fourth-order valence-corrected chi connectivity index (χ4v) is 3.76. The van der Waals surface area contributed by atoms with Crippen LogP contribution in [0.1, 0.15) is 31.4 Å². The van der Waals surface area contributed by atoms with Gasteiger partial charge in [0.05, 0.1) is 18.4 Å². The Balaban J connectivity index is 1.42. The number of aliphatic hydroxyl groups is 1. The number of para-hydroxylation sites is 2. The topological polar surface area (TPSA) is 61.7 Å². The van der Waals surface area contributed by atoms with Gasteiger partial charge in [-0.1, -0.05) is 12.1 Å². The number of benzene rings is 1. The van der Waals surface area contributed by atoms with Crippen molar-refractivity contribution in [1.29, 1.82) is 0 Å². The number of aliphatic hydroxyl groups excluding tert-OH is 1. The van der Waals surface area contributed by atoms with Crippen LogP contribution in [-0.4, -0.2) is 54.0 Å². The van der Waals surface area contributed by atoms with Crippen LogP contribution in [0.15, 0.2) is 36.7 Å². The van der Waals surface area contributed by atoms with Crippen molar-refractivity contribution < 1.29 is 9.84 Å². The maximum Gasteiger partial charge on any atom is 0.142 e. The molecule has 6 nitrogen and oxygen atoms in total. The van der Waals surface area contributed by atoms with Crippen molar-refractivity contribution in [3.05, 3.63) is 42.4 Å². The minimum absolute atomic E-state index is 0.160. The Bertz CT molecular complexity index is 740. The fraction of sp³-hybridized carbons (Fsp3) is 0.500. The Hall–Kier alpha value is -2.34. The minimum Gasteiger partial charge on any atom is -0.492 e. The summed E-state index contributed by atoms with van der Waals surface area (Å²) in [5.74, 6) is 2.33. The number of nitrogens with zero attached hydrogens (tertiary/aromatic N) is 4. The molecule has 0 radical (unpaired) electrons. The Morgan fingerprint density at radius 3 is 2.54 bits per heavy atom. The summed E-state index contributed by atoms with van der Waals surface area (Å²) >= 11 is 0. The summed E-state index contributed by atoms with van der Waals surface area (Å²) < 4.78 is 5.77. The summed E-state index contributed by atoms with van der Waals surface area (Å²) in [5, 5.41) is 9.53. The van der Waals surface area contributed by atoms with E-state index in [9.17, 15) is 5.11 Å². The summed E-state index contributed by atoms with van der Waals surface area (Å²) in [6.07, 6.45) is 3.13. The van der Waals surface area contributed by atoms with Gasteiger partial charge in [0.25, 0.3) is 0 Å².